The zero-order valence-corrected chi connectivity index (χ0v) is 25.9. The third-order valence-corrected chi connectivity index (χ3v) is 8.92. The second kappa shape index (κ2) is 9.78. The molecule has 5 aromatic carbocycles. The number of hydrogen-bond donors (Lipinski definition) is 0. The fraction of sp³-hybridized carbons (Fsp3) is 0.103. The standard InChI is InChI=1S/C39H29N7/c1-22-13-16-27(24(3)19-22)36-42-35(43-37(44-36)28-17-14-23(2)20-25(28)4)26-15-18-29-34(21-26)45-32-11-7-6-10-31(32)41-39(45)46-33-12-8-5-9-30(33)40-38(29)46/h5-21H,1-4H3. The molecule has 0 spiro atoms. The molecule has 0 N–H and O–H groups in total. The number of aryl methyl sites for hydroxylation is 4. The van der Waals surface area contributed by atoms with Crippen molar-refractivity contribution in [3.8, 4) is 34.2 Å². The number of hydrogen-bond acceptors (Lipinski definition) is 5. The maximum atomic E-state index is 5.10. The van der Waals surface area contributed by atoms with E-state index in [1.165, 1.54) is 11.1 Å². The van der Waals surface area contributed by atoms with E-state index in [1.54, 1.807) is 0 Å². The van der Waals surface area contributed by atoms with Gasteiger partial charge in [0.05, 0.1) is 27.6 Å². The number of benzene rings is 5. The fourth-order valence-corrected chi connectivity index (χ4v) is 6.73. The van der Waals surface area contributed by atoms with Crippen molar-refractivity contribution in [2.45, 2.75) is 27.7 Å². The zero-order valence-electron chi connectivity index (χ0n) is 25.9. The van der Waals surface area contributed by atoms with Crippen molar-refractivity contribution in [1.82, 2.24) is 33.7 Å². The van der Waals surface area contributed by atoms with Crippen LogP contribution < -0.4 is 0 Å². The van der Waals surface area contributed by atoms with Gasteiger partial charge >= 0.3 is 0 Å². The van der Waals surface area contributed by atoms with Crippen LogP contribution in [0.1, 0.15) is 22.3 Å². The quantitative estimate of drug-likeness (QED) is 0.204. The topological polar surface area (TPSA) is 73.3 Å². The lowest BCUT2D eigenvalue weighted by atomic mass is 10.0. The van der Waals surface area contributed by atoms with Gasteiger partial charge < -0.3 is 0 Å². The summed E-state index contributed by atoms with van der Waals surface area (Å²) in [6.45, 7) is 8.43. The van der Waals surface area contributed by atoms with E-state index >= 15 is 0 Å². The Morgan fingerprint density at radius 2 is 1.02 bits per heavy atom. The summed E-state index contributed by atoms with van der Waals surface area (Å²) in [5.41, 5.74) is 13.3. The third-order valence-electron chi connectivity index (χ3n) is 8.92. The molecule has 0 radical (unpaired) electrons. The highest BCUT2D eigenvalue weighted by atomic mass is 15.2. The number of rotatable bonds is 3. The Kier molecular flexibility index (Phi) is 5.62. The molecule has 0 amide bonds. The maximum absolute atomic E-state index is 5.10. The van der Waals surface area contributed by atoms with Crippen LogP contribution in [0.2, 0.25) is 0 Å². The lowest BCUT2D eigenvalue weighted by molar-refractivity contribution is 1.07. The first-order valence-corrected chi connectivity index (χ1v) is 15.4. The average molecular weight is 596 g/mol. The van der Waals surface area contributed by atoms with Gasteiger partial charge in [0, 0.05) is 22.1 Å². The summed E-state index contributed by atoms with van der Waals surface area (Å²) in [7, 11) is 0. The van der Waals surface area contributed by atoms with Gasteiger partial charge in [-0.2, -0.15) is 0 Å². The third kappa shape index (κ3) is 3.95. The Morgan fingerprint density at radius 1 is 0.457 bits per heavy atom. The largest absolute Gasteiger partial charge is 0.277 e. The molecule has 0 aliphatic heterocycles. The van der Waals surface area contributed by atoms with Crippen LogP contribution in [0.5, 0.6) is 0 Å². The zero-order chi connectivity index (χ0) is 31.1. The van der Waals surface area contributed by atoms with Crippen LogP contribution in [0, 0.1) is 27.7 Å². The second-order valence-electron chi connectivity index (χ2n) is 12.2. The number of nitrogens with zero attached hydrogens (tertiary/aromatic N) is 7. The molecule has 0 aliphatic rings. The Balaban J connectivity index is 1.36. The Hall–Kier alpha value is -5.95. The summed E-state index contributed by atoms with van der Waals surface area (Å²) in [5, 5.41) is 1.02. The monoisotopic (exact) mass is 595 g/mol. The molecule has 0 aliphatic carbocycles. The Morgan fingerprint density at radius 3 is 1.65 bits per heavy atom. The van der Waals surface area contributed by atoms with Crippen LogP contribution in [0.25, 0.3) is 78.6 Å². The van der Waals surface area contributed by atoms with Crippen LogP contribution in [-0.4, -0.2) is 33.7 Å². The van der Waals surface area contributed by atoms with Crippen LogP contribution in [0.3, 0.4) is 0 Å². The first-order valence-electron chi connectivity index (χ1n) is 15.4. The highest BCUT2D eigenvalue weighted by Crippen LogP contribution is 2.34. The minimum atomic E-state index is 0.618. The predicted molar refractivity (Wildman–Crippen MR) is 185 cm³/mol. The lowest BCUT2D eigenvalue weighted by Gasteiger charge is -2.13. The highest BCUT2D eigenvalue weighted by Gasteiger charge is 2.20. The predicted octanol–water partition coefficient (Wildman–Crippen LogP) is 8.86. The normalized spacial score (nSPS) is 11.9. The van der Waals surface area contributed by atoms with Crippen LogP contribution in [0.15, 0.2) is 103 Å². The molecule has 0 fully saturated rings. The molecule has 9 rings (SSSR count). The van der Waals surface area contributed by atoms with Gasteiger partial charge in [-0.15, -0.1) is 0 Å². The van der Waals surface area contributed by atoms with Gasteiger partial charge in [-0.1, -0.05) is 77.9 Å². The number of para-hydroxylation sites is 4. The molecule has 220 valence electrons. The highest BCUT2D eigenvalue weighted by molar-refractivity contribution is 6.02. The maximum Gasteiger partial charge on any atom is 0.221 e. The molecule has 0 unspecified atom stereocenters. The molecular weight excluding hydrogens is 566 g/mol. The summed E-state index contributed by atoms with van der Waals surface area (Å²) in [5.74, 6) is 2.75. The minimum absolute atomic E-state index is 0.618. The van der Waals surface area contributed by atoms with Crippen molar-refractivity contribution < 1.29 is 0 Å². The molecule has 4 heterocycles. The number of imidazole rings is 2. The van der Waals surface area contributed by atoms with Crippen LogP contribution >= 0.6 is 0 Å². The van der Waals surface area contributed by atoms with Crippen molar-refractivity contribution in [3.05, 3.63) is 125 Å². The fourth-order valence-electron chi connectivity index (χ4n) is 6.73. The van der Waals surface area contributed by atoms with Crippen molar-refractivity contribution >= 4 is 44.4 Å². The van der Waals surface area contributed by atoms with Crippen molar-refractivity contribution in [3.63, 3.8) is 0 Å². The summed E-state index contributed by atoms with van der Waals surface area (Å²) >= 11 is 0. The SMILES string of the molecule is Cc1ccc(-c2nc(-c3ccc4c(c3)n3c5ccccc5nc3n3c5ccccc5nc43)nc(-c3ccc(C)cc3C)n2)c(C)c1. The summed E-state index contributed by atoms with van der Waals surface area (Å²) in [4.78, 5) is 25.4. The number of aromatic nitrogens is 7. The molecule has 0 bridgehead atoms. The molecule has 0 saturated heterocycles. The van der Waals surface area contributed by atoms with E-state index in [0.29, 0.717) is 17.5 Å². The molecule has 7 nitrogen and oxygen atoms in total. The first kappa shape index (κ1) is 26.5. The first-order chi connectivity index (χ1) is 22.4. The Bertz CT molecular complexity index is 2630. The van der Waals surface area contributed by atoms with Gasteiger partial charge in [0.2, 0.25) is 5.78 Å². The van der Waals surface area contributed by atoms with E-state index in [4.69, 9.17) is 24.9 Å². The smallest absolute Gasteiger partial charge is 0.221 e. The molecule has 46 heavy (non-hydrogen) atoms. The van der Waals surface area contributed by atoms with Crippen molar-refractivity contribution in [2.24, 2.45) is 0 Å². The molecule has 7 heteroatoms. The molecule has 9 aromatic rings. The van der Waals surface area contributed by atoms with Gasteiger partial charge in [-0.3, -0.25) is 8.80 Å². The second-order valence-corrected chi connectivity index (χ2v) is 12.2. The molecule has 4 aromatic heterocycles. The van der Waals surface area contributed by atoms with Gasteiger partial charge in [0.25, 0.3) is 0 Å². The summed E-state index contributed by atoms with van der Waals surface area (Å²) in [6.07, 6.45) is 0. The molecule has 0 saturated carbocycles. The lowest BCUT2D eigenvalue weighted by Crippen LogP contribution is -2.03. The van der Waals surface area contributed by atoms with E-state index in [9.17, 15) is 0 Å². The summed E-state index contributed by atoms with van der Waals surface area (Å²) in [6, 6.07) is 35.7. The van der Waals surface area contributed by atoms with Gasteiger partial charge in [0.15, 0.2) is 17.5 Å². The van der Waals surface area contributed by atoms with Crippen molar-refractivity contribution in [2.75, 3.05) is 0 Å². The van der Waals surface area contributed by atoms with Gasteiger partial charge in [-0.25, -0.2) is 24.9 Å². The van der Waals surface area contributed by atoms with Crippen molar-refractivity contribution in [1.29, 1.82) is 0 Å². The minimum Gasteiger partial charge on any atom is -0.277 e. The van der Waals surface area contributed by atoms with E-state index in [2.05, 4.69) is 121 Å². The van der Waals surface area contributed by atoms with Crippen LogP contribution in [0.4, 0.5) is 0 Å². The van der Waals surface area contributed by atoms with Gasteiger partial charge in [0.1, 0.15) is 5.65 Å². The average Bonchev–Trinajstić information content (AvgIpc) is 3.64. The number of fused-ring (bicyclic) bond motifs is 10. The molecular formula is C39H29N7. The van der Waals surface area contributed by atoms with E-state index in [0.717, 1.165) is 72.2 Å². The summed E-state index contributed by atoms with van der Waals surface area (Å²) < 4.78 is 4.39. The van der Waals surface area contributed by atoms with Gasteiger partial charge in [-0.05, 0) is 75.2 Å². The van der Waals surface area contributed by atoms with Crippen LogP contribution in [-0.2, 0) is 0 Å². The van der Waals surface area contributed by atoms with E-state index < -0.39 is 0 Å². The van der Waals surface area contributed by atoms with E-state index in [-0.39, 0.29) is 0 Å². The van der Waals surface area contributed by atoms with E-state index in [1.807, 2.05) is 18.2 Å². The molecule has 0 atom stereocenters. The Labute approximate surface area is 264 Å².